The van der Waals surface area contributed by atoms with Gasteiger partial charge in [0, 0.05) is 26.1 Å². The Morgan fingerprint density at radius 1 is 1.56 bits per heavy atom. The second-order valence-electron chi connectivity index (χ2n) is 4.57. The van der Waals surface area contributed by atoms with Crippen LogP contribution in [0.3, 0.4) is 0 Å². The molecule has 0 spiro atoms. The Morgan fingerprint density at radius 3 is 3.17 bits per heavy atom. The van der Waals surface area contributed by atoms with Crippen LogP contribution in [0.25, 0.3) is 0 Å². The van der Waals surface area contributed by atoms with Gasteiger partial charge in [0.15, 0.2) is 0 Å². The number of piperidine rings is 1. The number of rotatable bonds is 4. The van der Waals surface area contributed by atoms with Gasteiger partial charge in [0.1, 0.15) is 12.7 Å². The van der Waals surface area contributed by atoms with Gasteiger partial charge in [-0.05, 0) is 19.3 Å². The van der Waals surface area contributed by atoms with Crippen LogP contribution in [-0.4, -0.2) is 38.7 Å². The average Bonchev–Trinajstić information content (AvgIpc) is 2.92. The van der Waals surface area contributed by atoms with E-state index in [4.69, 9.17) is 5.26 Å². The van der Waals surface area contributed by atoms with Crippen LogP contribution in [0, 0.1) is 17.2 Å². The monoisotopic (exact) mass is 247 g/mol. The van der Waals surface area contributed by atoms with Crippen LogP contribution in [-0.2, 0) is 11.3 Å². The molecule has 1 fully saturated rings. The van der Waals surface area contributed by atoms with Gasteiger partial charge in [0.25, 0.3) is 0 Å². The molecule has 1 unspecified atom stereocenters. The van der Waals surface area contributed by atoms with Gasteiger partial charge in [0.05, 0.1) is 12.0 Å². The summed E-state index contributed by atoms with van der Waals surface area (Å²) < 4.78 is 1.72. The van der Waals surface area contributed by atoms with E-state index >= 15 is 0 Å². The molecule has 1 atom stereocenters. The third kappa shape index (κ3) is 3.29. The maximum absolute atomic E-state index is 12.0. The molecule has 6 nitrogen and oxygen atoms in total. The Kier molecular flexibility index (Phi) is 4.29. The zero-order valence-corrected chi connectivity index (χ0v) is 10.3. The van der Waals surface area contributed by atoms with Gasteiger partial charge in [0.2, 0.25) is 5.91 Å². The average molecular weight is 247 g/mol. The summed E-state index contributed by atoms with van der Waals surface area (Å²) in [7, 11) is 0. The van der Waals surface area contributed by atoms with Crippen LogP contribution in [0.1, 0.15) is 25.7 Å². The van der Waals surface area contributed by atoms with E-state index in [0.29, 0.717) is 19.5 Å². The first kappa shape index (κ1) is 12.6. The van der Waals surface area contributed by atoms with Crippen LogP contribution in [0.15, 0.2) is 12.7 Å². The van der Waals surface area contributed by atoms with E-state index in [1.165, 1.54) is 6.33 Å². The molecule has 1 aliphatic heterocycles. The van der Waals surface area contributed by atoms with Crippen molar-refractivity contribution in [1.29, 1.82) is 5.26 Å². The molecule has 0 aliphatic carbocycles. The third-order valence-corrected chi connectivity index (χ3v) is 3.20. The van der Waals surface area contributed by atoms with E-state index in [1.54, 1.807) is 11.0 Å². The fourth-order valence-corrected chi connectivity index (χ4v) is 2.21. The normalized spacial score (nSPS) is 19.5. The Labute approximate surface area is 106 Å². The number of hydrogen-bond donors (Lipinski definition) is 0. The van der Waals surface area contributed by atoms with E-state index < -0.39 is 0 Å². The summed E-state index contributed by atoms with van der Waals surface area (Å²) in [6, 6.07) is 2.25. The van der Waals surface area contributed by atoms with Crippen LogP contribution in [0.5, 0.6) is 0 Å². The minimum Gasteiger partial charge on any atom is -0.341 e. The predicted octanol–water partition coefficient (Wildman–Crippen LogP) is 0.820. The van der Waals surface area contributed by atoms with Crippen molar-refractivity contribution >= 4 is 5.91 Å². The Bertz CT molecular complexity index is 422. The van der Waals surface area contributed by atoms with Crippen LogP contribution < -0.4 is 0 Å². The first-order chi connectivity index (χ1) is 8.79. The zero-order valence-electron chi connectivity index (χ0n) is 10.3. The molecule has 1 aromatic rings. The maximum atomic E-state index is 12.0. The quantitative estimate of drug-likeness (QED) is 0.789. The summed E-state index contributed by atoms with van der Waals surface area (Å²) in [5.41, 5.74) is 0. The van der Waals surface area contributed by atoms with Crippen molar-refractivity contribution in [3.8, 4) is 6.07 Å². The number of hydrogen-bond acceptors (Lipinski definition) is 4. The summed E-state index contributed by atoms with van der Waals surface area (Å²) >= 11 is 0. The Hall–Kier alpha value is -1.90. The van der Waals surface area contributed by atoms with Crippen molar-refractivity contribution in [2.24, 2.45) is 5.92 Å². The minimum atomic E-state index is 0.0121. The number of likely N-dealkylation sites (tertiary alicyclic amines) is 1. The second-order valence-corrected chi connectivity index (χ2v) is 4.57. The first-order valence-corrected chi connectivity index (χ1v) is 6.29. The third-order valence-electron chi connectivity index (χ3n) is 3.20. The highest BCUT2D eigenvalue weighted by molar-refractivity contribution is 5.76. The van der Waals surface area contributed by atoms with E-state index in [9.17, 15) is 4.79 Å². The molecule has 18 heavy (non-hydrogen) atoms. The first-order valence-electron chi connectivity index (χ1n) is 6.29. The van der Waals surface area contributed by atoms with E-state index in [-0.39, 0.29) is 11.8 Å². The summed E-state index contributed by atoms with van der Waals surface area (Å²) in [5, 5.41) is 12.9. The highest BCUT2D eigenvalue weighted by Gasteiger charge is 2.22. The van der Waals surface area contributed by atoms with E-state index in [1.807, 2.05) is 4.90 Å². The number of carbonyl (C=O) groups excluding carboxylic acids is 1. The minimum absolute atomic E-state index is 0.0121. The predicted molar refractivity (Wildman–Crippen MR) is 64.2 cm³/mol. The number of aryl methyl sites for hydroxylation is 1. The number of nitriles is 1. The molecule has 0 radical (unpaired) electrons. The summed E-state index contributed by atoms with van der Waals surface area (Å²) in [4.78, 5) is 17.6. The summed E-state index contributed by atoms with van der Waals surface area (Å²) in [6.07, 6.45) is 6.27. The van der Waals surface area contributed by atoms with Gasteiger partial charge in [-0.3, -0.25) is 9.48 Å². The second kappa shape index (κ2) is 6.15. The standard InChI is InChI=1S/C12H17N5O/c13-7-11-3-1-5-16(8-11)12(18)4-2-6-17-10-14-9-15-17/h9-11H,1-6,8H2. The molecular formula is C12H17N5O. The number of amides is 1. The number of carbonyl (C=O) groups is 1. The molecular weight excluding hydrogens is 230 g/mol. The van der Waals surface area contributed by atoms with Gasteiger partial charge in [-0.25, -0.2) is 4.98 Å². The maximum Gasteiger partial charge on any atom is 0.222 e. The SMILES string of the molecule is N#CC1CCCN(C(=O)CCCn2cncn2)C1. The molecule has 0 saturated carbocycles. The van der Waals surface area contributed by atoms with Crippen LogP contribution in [0.4, 0.5) is 0 Å². The molecule has 1 aromatic heterocycles. The molecule has 0 aromatic carbocycles. The van der Waals surface area contributed by atoms with Crippen molar-refractivity contribution in [3.63, 3.8) is 0 Å². The van der Waals surface area contributed by atoms with Crippen molar-refractivity contribution < 1.29 is 4.79 Å². The van der Waals surface area contributed by atoms with Crippen molar-refractivity contribution in [1.82, 2.24) is 19.7 Å². The summed E-state index contributed by atoms with van der Waals surface area (Å²) in [5.74, 6) is 0.160. The fraction of sp³-hybridized carbons (Fsp3) is 0.667. The Morgan fingerprint density at radius 2 is 2.44 bits per heavy atom. The van der Waals surface area contributed by atoms with E-state index in [0.717, 1.165) is 25.8 Å². The van der Waals surface area contributed by atoms with E-state index in [2.05, 4.69) is 16.2 Å². The van der Waals surface area contributed by atoms with Crippen molar-refractivity contribution in [2.45, 2.75) is 32.2 Å². The molecule has 0 bridgehead atoms. The molecule has 2 rings (SSSR count). The van der Waals surface area contributed by atoms with Crippen LogP contribution >= 0.6 is 0 Å². The largest absolute Gasteiger partial charge is 0.341 e. The lowest BCUT2D eigenvalue weighted by Gasteiger charge is -2.29. The number of nitrogens with zero attached hydrogens (tertiary/aromatic N) is 5. The fourth-order valence-electron chi connectivity index (χ4n) is 2.21. The molecule has 1 saturated heterocycles. The van der Waals surface area contributed by atoms with Gasteiger partial charge in [-0.15, -0.1) is 0 Å². The molecule has 96 valence electrons. The Balaban J connectivity index is 1.72. The lowest BCUT2D eigenvalue weighted by molar-refractivity contribution is -0.132. The molecule has 2 heterocycles. The topological polar surface area (TPSA) is 74.8 Å². The lowest BCUT2D eigenvalue weighted by Crippen LogP contribution is -2.39. The van der Waals surface area contributed by atoms with Gasteiger partial charge < -0.3 is 4.90 Å². The van der Waals surface area contributed by atoms with Crippen LogP contribution in [0.2, 0.25) is 0 Å². The van der Waals surface area contributed by atoms with Gasteiger partial charge in [-0.2, -0.15) is 10.4 Å². The zero-order chi connectivity index (χ0) is 12.8. The highest BCUT2D eigenvalue weighted by atomic mass is 16.2. The molecule has 6 heteroatoms. The molecule has 0 N–H and O–H groups in total. The highest BCUT2D eigenvalue weighted by Crippen LogP contribution is 2.16. The van der Waals surface area contributed by atoms with Gasteiger partial charge >= 0.3 is 0 Å². The molecule has 1 aliphatic rings. The van der Waals surface area contributed by atoms with Crippen molar-refractivity contribution in [3.05, 3.63) is 12.7 Å². The number of aromatic nitrogens is 3. The lowest BCUT2D eigenvalue weighted by atomic mass is 9.99. The molecule has 1 amide bonds. The smallest absolute Gasteiger partial charge is 0.222 e. The van der Waals surface area contributed by atoms with Gasteiger partial charge in [-0.1, -0.05) is 0 Å². The van der Waals surface area contributed by atoms with Crippen molar-refractivity contribution in [2.75, 3.05) is 13.1 Å². The summed E-state index contributed by atoms with van der Waals surface area (Å²) in [6.45, 7) is 2.10.